The van der Waals surface area contributed by atoms with Crippen LogP contribution in [0.2, 0.25) is 5.02 Å². The molecule has 1 amide bonds. The average Bonchev–Trinajstić information content (AvgIpc) is 2.79. The van der Waals surface area contributed by atoms with Crippen LogP contribution in [0.1, 0.15) is 18.9 Å². The first-order valence-electron chi connectivity index (χ1n) is 10.3. The molecule has 0 atom stereocenters. The van der Waals surface area contributed by atoms with Gasteiger partial charge in [-0.2, -0.15) is 0 Å². The summed E-state index contributed by atoms with van der Waals surface area (Å²) in [7, 11) is 3.18. The van der Waals surface area contributed by atoms with Gasteiger partial charge in [-0.15, -0.1) is 0 Å². The molecule has 0 saturated heterocycles. The lowest BCUT2D eigenvalue weighted by Gasteiger charge is -2.13. The largest absolute Gasteiger partial charge is 0.493 e. The van der Waals surface area contributed by atoms with Gasteiger partial charge in [0.05, 0.1) is 30.9 Å². The number of carbonyl (C=O) groups excluding carboxylic acids is 1. The molecule has 32 heavy (non-hydrogen) atoms. The third-order valence-corrected chi connectivity index (χ3v) is 6.06. The minimum Gasteiger partial charge on any atom is -0.493 e. The molecule has 9 heteroatoms. The average molecular weight is 476 g/mol. The number of hydrogen-bond acceptors (Lipinski definition) is 6. The van der Waals surface area contributed by atoms with Crippen LogP contribution in [0, 0.1) is 0 Å². The van der Waals surface area contributed by atoms with Crippen molar-refractivity contribution in [3.8, 4) is 11.5 Å². The van der Waals surface area contributed by atoms with E-state index in [0.717, 1.165) is 12.0 Å². The fraction of sp³-hybridized carbons (Fsp3) is 0.348. The number of fused-ring (bicyclic) bond motifs is 1. The number of aromatic nitrogens is 2. The number of amides is 1. The van der Waals surface area contributed by atoms with E-state index in [1.807, 2.05) is 25.1 Å². The maximum absolute atomic E-state index is 12.9. The summed E-state index contributed by atoms with van der Waals surface area (Å²) in [6.45, 7) is 3.01. The second kappa shape index (κ2) is 11.2. The van der Waals surface area contributed by atoms with Crippen LogP contribution in [0.25, 0.3) is 10.9 Å². The van der Waals surface area contributed by atoms with Crippen molar-refractivity contribution in [3.05, 3.63) is 57.3 Å². The lowest BCUT2D eigenvalue weighted by atomic mass is 10.1. The Labute approximate surface area is 196 Å². The van der Waals surface area contributed by atoms with E-state index in [1.54, 1.807) is 37.0 Å². The lowest BCUT2D eigenvalue weighted by molar-refractivity contribution is -0.118. The molecule has 0 fully saturated rings. The van der Waals surface area contributed by atoms with E-state index in [1.165, 1.54) is 11.8 Å². The number of rotatable bonds is 10. The van der Waals surface area contributed by atoms with E-state index in [4.69, 9.17) is 21.1 Å². The highest BCUT2D eigenvalue weighted by molar-refractivity contribution is 7.99. The van der Waals surface area contributed by atoms with Crippen molar-refractivity contribution in [2.45, 2.75) is 31.5 Å². The minimum absolute atomic E-state index is 0.120. The molecule has 0 aliphatic carbocycles. The number of thioether (sulfide) groups is 1. The van der Waals surface area contributed by atoms with Gasteiger partial charge in [-0.1, -0.05) is 36.4 Å². The molecule has 3 aromatic rings. The molecule has 1 aromatic heterocycles. The summed E-state index contributed by atoms with van der Waals surface area (Å²) >= 11 is 7.31. The molecule has 2 aromatic carbocycles. The van der Waals surface area contributed by atoms with Gasteiger partial charge in [0.1, 0.15) is 0 Å². The number of halogens is 1. The molecule has 0 saturated carbocycles. The summed E-state index contributed by atoms with van der Waals surface area (Å²) < 4.78 is 12.2. The topological polar surface area (TPSA) is 82.5 Å². The van der Waals surface area contributed by atoms with Crippen molar-refractivity contribution in [3.63, 3.8) is 0 Å². The molecule has 1 heterocycles. The van der Waals surface area contributed by atoms with Crippen LogP contribution in [0.5, 0.6) is 11.5 Å². The summed E-state index contributed by atoms with van der Waals surface area (Å²) in [6.07, 6.45) is 1.44. The van der Waals surface area contributed by atoms with Gasteiger partial charge in [-0.25, -0.2) is 4.98 Å². The molecule has 170 valence electrons. The van der Waals surface area contributed by atoms with Crippen LogP contribution in [0.4, 0.5) is 0 Å². The Balaban J connectivity index is 1.63. The van der Waals surface area contributed by atoms with E-state index in [9.17, 15) is 9.59 Å². The summed E-state index contributed by atoms with van der Waals surface area (Å²) in [6, 6.07) is 10.7. The molecule has 1 N–H and O–H groups in total. The van der Waals surface area contributed by atoms with Gasteiger partial charge in [-0.05, 0) is 48.7 Å². The van der Waals surface area contributed by atoms with Crippen LogP contribution in [-0.2, 0) is 17.8 Å². The number of carbonyl (C=O) groups is 1. The maximum atomic E-state index is 12.9. The monoisotopic (exact) mass is 475 g/mol. The van der Waals surface area contributed by atoms with Gasteiger partial charge in [0.15, 0.2) is 16.7 Å². The van der Waals surface area contributed by atoms with Crippen LogP contribution in [0.3, 0.4) is 0 Å². The highest BCUT2D eigenvalue weighted by Crippen LogP contribution is 2.27. The standard InChI is InChI=1S/C23H26ClN3O4S/c1-4-11-27-22(29)17-7-6-16(24)13-18(17)26-23(27)32-14-21(28)25-10-9-15-5-8-19(30-2)20(12-15)31-3/h5-8,12-13H,4,9-11,14H2,1-3H3,(H,25,28). The highest BCUT2D eigenvalue weighted by Gasteiger charge is 2.13. The van der Waals surface area contributed by atoms with Crippen molar-refractivity contribution in [1.29, 1.82) is 0 Å². The predicted octanol–water partition coefficient (Wildman–Crippen LogP) is 3.93. The molecular weight excluding hydrogens is 450 g/mol. The van der Waals surface area contributed by atoms with Crippen molar-refractivity contribution < 1.29 is 14.3 Å². The second-order valence-corrected chi connectivity index (χ2v) is 8.47. The Morgan fingerprint density at radius 3 is 2.66 bits per heavy atom. The smallest absolute Gasteiger partial charge is 0.262 e. The Bertz CT molecular complexity index is 1170. The SMILES string of the molecule is CCCn1c(SCC(=O)NCCc2ccc(OC)c(OC)c2)nc2cc(Cl)ccc2c1=O. The number of hydrogen-bond donors (Lipinski definition) is 1. The normalized spacial score (nSPS) is 10.9. The third kappa shape index (κ3) is 5.75. The first kappa shape index (κ1) is 23.9. The van der Waals surface area contributed by atoms with E-state index >= 15 is 0 Å². The van der Waals surface area contributed by atoms with E-state index in [2.05, 4.69) is 10.3 Å². The Hall–Kier alpha value is -2.71. The van der Waals surface area contributed by atoms with E-state index < -0.39 is 0 Å². The first-order chi connectivity index (χ1) is 15.5. The number of methoxy groups -OCH3 is 2. The van der Waals surface area contributed by atoms with Gasteiger partial charge in [0.25, 0.3) is 5.56 Å². The van der Waals surface area contributed by atoms with E-state index in [0.29, 0.717) is 52.1 Å². The molecule has 0 unspecified atom stereocenters. The number of ether oxygens (including phenoxy) is 2. The molecular formula is C23H26ClN3O4S. The molecule has 0 spiro atoms. The molecule has 0 aliphatic heterocycles. The molecule has 0 aliphatic rings. The summed E-state index contributed by atoms with van der Waals surface area (Å²) in [5.74, 6) is 1.36. The zero-order valence-electron chi connectivity index (χ0n) is 18.3. The third-order valence-electron chi connectivity index (χ3n) is 4.85. The molecule has 3 rings (SSSR count). The first-order valence-corrected chi connectivity index (χ1v) is 11.6. The summed E-state index contributed by atoms with van der Waals surface area (Å²) in [5.41, 5.74) is 1.44. The lowest BCUT2D eigenvalue weighted by Crippen LogP contribution is -2.28. The Morgan fingerprint density at radius 1 is 1.16 bits per heavy atom. The second-order valence-electron chi connectivity index (χ2n) is 7.09. The number of benzene rings is 2. The van der Waals surface area contributed by atoms with Crippen LogP contribution < -0.4 is 20.3 Å². The van der Waals surface area contributed by atoms with Crippen LogP contribution in [0.15, 0.2) is 46.3 Å². The summed E-state index contributed by atoms with van der Waals surface area (Å²) in [4.78, 5) is 29.8. The van der Waals surface area contributed by atoms with Gasteiger partial charge in [0, 0.05) is 18.1 Å². The maximum Gasteiger partial charge on any atom is 0.262 e. The molecule has 0 radical (unpaired) electrons. The number of nitrogens with zero attached hydrogens (tertiary/aromatic N) is 2. The van der Waals surface area contributed by atoms with E-state index in [-0.39, 0.29) is 17.2 Å². The van der Waals surface area contributed by atoms with Crippen molar-refractivity contribution in [2.24, 2.45) is 0 Å². The van der Waals surface area contributed by atoms with Crippen LogP contribution in [-0.4, -0.2) is 42.0 Å². The van der Waals surface area contributed by atoms with Crippen molar-refractivity contribution >= 4 is 40.2 Å². The molecule has 0 bridgehead atoms. The fourth-order valence-electron chi connectivity index (χ4n) is 3.27. The minimum atomic E-state index is -0.126. The number of nitrogens with one attached hydrogen (secondary N) is 1. The van der Waals surface area contributed by atoms with Gasteiger partial charge in [0.2, 0.25) is 5.91 Å². The highest BCUT2D eigenvalue weighted by atomic mass is 35.5. The van der Waals surface area contributed by atoms with Crippen LogP contribution >= 0.6 is 23.4 Å². The van der Waals surface area contributed by atoms with Gasteiger partial charge >= 0.3 is 0 Å². The zero-order chi connectivity index (χ0) is 23.1. The fourth-order valence-corrected chi connectivity index (χ4v) is 4.29. The zero-order valence-corrected chi connectivity index (χ0v) is 19.9. The van der Waals surface area contributed by atoms with Gasteiger partial charge in [-0.3, -0.25) is 14.2 Å². The summed E-state index contributed by atoms with van der Waals surface area (Å²) in [5, 5.41) is 4.46. The quantitative estimate of drug-likeness (QED) is 0.353. The Kier molecular flexibility index (Phi) is 8.41. The Morgan fingerprint density at radius 2 is 1.94 bits per heavy atom. The van der Waals surface area contributed by atoms with Gasteiger partial charge < -0.3 is 14.8 Å². The van der Waals surface area contributed by atoms with Crippen molar-refractivity contribution in [2.75, 3.05) is 26.5 Å². The predicted molar refractivity (Wildman–Crippen MR) is 128 cm³/mol. The molecule has 7 nitrogen and oxygen atoms in total. The van der Waals surface area contributed by atoms with Crippen molar-refractivity contribution in [1.82, 2.24) is 14.9 Å².